The zero-order valence-electron chi connectivity index (χ0n) is 9.84. The van der Waals surface area contributed by atoms with Gasteiger partial charge in [0.1, 0.15) is 5.82 Å². The number of nitrogens with two attached hydrogens (primary N) is 1. The van der Waals surface area contributed by atoms with Crippen LogP contribution in [0.25, 0.3) is 0 Å². The molecule has 0 aromatic heterocycles. The molecule has 0 bridgehead atoms. The van der Waals surface area contributed by atoms with E-state index in [-0.39, 0.29) is 5.56 Å². The predicted molar refractivity (Wildman–Crippen MR) is 71.1 cm³/mol. The summed E-state index contributed by atoms with van der Waals surface area (Å²) in [6.45, 7) is 0. The van der Waals surface area contributed by atoms with Crippen molar-refractivity contribution in [3.63, 3.8) is 0 Å². The summed E-state index contributed by atoms with van der Waals surface area (Å²) in [5.41, 5.74) is 6.71. The van der Waals surface area contributed by atoms with Crippen molar-refractivity contribution < 1.29 is 13.2 Å². The maximum Gasteiger partial charge on any atom is 0.161 e. The van der Waals surface area contributed by atoms with Crippen LogP contribution in [0.5, 0.6) is 0 Å². The third-order valence-electron chi connectivity index (χ3n) is 2.81. The average Bonchev–Trinajstić information content (AvgIpc) is 2.36. The van der Waals surface area contributed by atoms with Crippen molar-refractivity contribution in [2.45, 2.75) is 12.5 Å². The van der Waals surface area contributed by atoms with Gasteiger partial charge in [-0.2, -0.15) is 0 Å². The summed E-state index contributed by atoms with van der Waals surface area (Å²) in [5.74, 6) is -3.14. The number of halogens is 4. The van der Waals surface area contributed by atoms with Crippen LogP contribution in [0.15, 0.2) is 40.9 Å². The van der Waals surface area contributed by atoms with Crippen molar-refractivity contribution in [3.8, 4) is 0 Å². The van der Waals surface area contributed by atoms with E-state index in [2.05, 4.69) is 15.9 Å². The molecule has 1 nitrogen and oxygen atoms in total. The Morgan fingerprint density at radius 2 is 1.53 bits per heavy atom. The van der Waals surface area contributed by atoms with Gasteiger partial charge in [-0.1, -0.05) is 28.1 Å². The Balaban J connectivity index is 2.22. The lowest BCUT2D eigenvalue weighted by atomic mass is 9.99. The Labute approximate surface area is 117 Å². The molecule has 0 aliphatic rings. The molecule has 19 heavy (non-hydrogen) atoms. The SMILES string of the molecule is NC(Cc1ccc(Br)cc1)c1cc(F)c(F)cc1F. The van der Waals surface area contributed by atoms with Crippen molar-refractivity contribution in [1.29, 1.82) is 0 Å². The molecule has 0 aliphatic heterocycles. The Morgan fingerprint density at radius 1 is 0.947 bits per heavy atom. The van der Waals surface area contributed by atoms with Gasteiger partial charge in [0.15, 0.2) is 11.6 Å². The van der Waals surface area contributed by atoms with Gasteiger partial charge in [0.05, 0.1) is 0 Å². The smallest absolute Gasteiger partial charge is 0.161 e. The summed E-state index contributed by atoms with van der Waals surface area (Å²) in [7, 11) is 0. The van der Waals surface area contributed by atoms with E-state index in [1.165, 1.54) is 0 Å². The fourth-order valence-electron chi connectivity index (χ4n) is 1.81. The van der Waals surface area contributed by atoms with Crippen molar-refractivity contribution in [2.24, 2.45) is 5.73 Å². The predicted octanol–water partition coefficient (Wildman–Crippen LogP) is 4.11. The van der Waals surface area contributed by atoms with E-state index >= 15 is 0 Å². The van der Waals surface area contributed by atoms with Crippen LogP contribution in [0.2, 0.25) is 0 Å². The number of hydrogen-bond acceptors (Lipinski definition) is 1. The molecule has 100 valence electrons. The molecule has 5 heteroatoms. The fourth-order valence-corrected chi connectivity index (χ4v) is 2.07. The van der Waals surface area contributed by atoms with Gasteiger partial charge in [-0.15, -0.1) is 0 Å². The zero-order chi connectivity index (χ0) is 14.0. The van der Waals surface area contributed by atoms with Gasteiger partial charge >= 0.3 is 0 Å². The third kappa shape index (κ3) is 3.36. The van der Waals surface area contributed by atoms with Crippen molar-refractivity contribution in [2.75, 3.05) is 0 Å². The Morgan fingerprint density at radius 3 is 2.16 bits per heavy atom. The highest BCUT2D eigenvalue weighted by atomic mass is 79.9. The van der Waals surface area contributed by atoms with Gasteiger partial charge < -0.3 is 5.73 Å². The molecule has 1 atom stereocenters. The van der Waals surface area contributed by atoms with E-state index in [9.17, 15) is 13.2 Å². The lowest BCUT2D eigenvalue weighted by Crippen LogP contribution is -2.15. The van der Waals surface area contributed by atoms with Gasteiger partial charge in [0.2, 0.25) is 0 Å². The highest BCUT2D eigenvalue weighted by Gasteiger charge is 2.16. The Hall–Kier alpha value is -1.33. The molecular weight excluding hydrogens is 319 g/mol. The summed E-state index contributed by atoms with van der Waals surface area (Å²) < 4.78 is 40.4. The largest absolute Gasteiger partial charge is 0.324 e. The lowest BCUT2D eigenvalue weighted by molar-refractivity contribution is 0.484. The van der Waals surface area contributed by atoms with Crippen LogP contribution in [-0.2, 0) is 6.42 Å². The van der Waals surface area contributed by atoms with Crippen molar-refractivity contribution in [1.82, 2.24) is 0 Å². The van der Waals surface area contributed by atoms with E-state index in [1.54, 1.807) is 0 Å². The van der Waals surface area contributed by atoms with Crippen LogP contribution >= 0.6 is 15.9 Å². The second kappa shape index (κ2) is 5.75. The van der Waals surface area contributed by atoms with Crippen LogP contribution in [0.3, 0.4) is 0 Å². The minimum Gasteiger partial charge on any atom is -0.324 e. The summed E-state index contributed by atoms with van der Waals surface area (Å²) in [6.07, 6.45) is 0.343. The standard InChI is InChI=1S/C14H11BrF3N/c15-9-3-1-8(2-4-9)5-14(19)10-6-12(17)13(18)7-11(10)16/h1-4,6-7,14H,5,19H2. The molecule has 1 unspecified atom stereocenters. The molecule has 0 heterocycles. The van der Waals surface area contributed by atoms with Crippen molar-refractivity contribution >= 4 is 15.9 Å². The molecule has 0 radical (unpaired) electrons. The van der Waals surface area contributed by atoms with Gasteiger partial charge in [-0.25, -0.2) is 13.2 Å². The third-order valence-corrected chi connectivity index (χ3v) is 3.34. The highest BCUT2D eigenvalue weighted by molar-refractivity contribution is 9.10. The first-order valence-electron chi connectivity index (χ1n) is 5.62. The van der Waals surface area contributed by atoms with Gasteiger partial charge in [0.25, 0.3) is 0 Å². The van der Waals surface area contributed by atoms with Crippen LogP contribution < -0.4 is 5.73 Å². The maximum absolute atomic E-state index is 13.6. The molecule has 0 spiro atoms. The topological polar surface area (TPSA) is 26.0 Å². The Bertz CT molecular complexity index is 584. The lowest BCUT2D eigenvalue weighted by Gasteiger charge is -2.13. The van der Waals surface area contributed by atoms with E-state index in [4.69, 9.17) is 5.73 Å². The molecular formula is C14H11BrF3N. The number of hydrogen-bond donors (Lipinski definition) is 1. The molecule has 2 N–H and O–H groups in total. The number of rotatable bonds is 3. The van der Waals surface area contributed by atoms with E-state index in [0.717, 1.165) is 16.1 Å². The van der Waals surface area contributed by atoms with E-state index < -0.39 is 23.5 Å². The molecule has 0 saturated carbocycles. The van der Waals surface area contributed by atoms with Crippen molar-refractivity contribution in [3.05, 3.63) is 69.4 Å². The van der Waals surface area contributed by atoms with E-state index in [1.807, 2.05) is 24.3 Å². The highest BCUT2D eigenvalue weighted by Crippen LogP contribution is 2.22. The first kappa shape index (κ1) is 14.1. The normalized spacial score (nSPS) is 12.5. The molecule has 0 fully saturated rings. The van der Waals surface area contributed by atoms with Gasteiger partial charge in [0, 0.05) is 22.1 Å². The minimum atomic E-state index is -1.21. The van der Waals surface area contributed by atoms with Gasteiger partial charge in [-0.3, -0.25) is 0 Å². The fraction of sp³-hybridized carbons (Fsp3) is 0.143. The summed E-state index contributed by atoms with van der Waals surface area (Å²) in [4.78, 5) is 0. The summed E-state index contributed by atoms with van der Waals surface area (Å²) >= 11 is 3.30. The van der Waals surface area contributed by atoms with Crippen LogP contribution in [0, 0.1) is 17.5 Å². The monoisotopic (exact) mass is 329 g/mol. The minimum absolute atomic E-state index is 0.0261. The van der Waals surface area contributed by atoms with Crippen LogP contribution in [0.4, 0.5) is 13.2 Å². The molecule has 2 aromatic rings. The zero-order valence-corrected chi connectivity index (χ0v) is 11.4. The first-order valence-corrected chi connectivity index (χ1v) is 6.41. The summed E-state index contributed by atoms with van der Waals surface area (Å²) in [5, 5.41) is 0. The van der Waals surface area contributed by atoms with Crippen LogP contribution in [-0.4, -0.2) is 0 Å². The Kier molecular flexibility index (Phi) is 4.27. The summed E-state index contributed by atoms with van der Waals surface area (Å²) in [6, 6.07) is 7.95. The molecule has 2 aromatic carbocycles. The van der Waals surface area contributed by atoms with E-state index in [0.29, 0.717) is 12.5 Å². The second-order valence-electron chi connectivity index (χ2n) is 4.22. The maximum atomic E-state index is 13.6. The number of benzene rings is 2. The first-order chi connectivity index (χ1) is 8.97. The molecule has 0 aliphatic carbocycles. The molecule has 0 amide bonds. The second-order valence-corrected chi connectivity index (χ2v) is 5.14. The van der Waals surface area contributed by atoms with Gasteiger partial charge in [-0.05, 0) is 30.2 Å². The quantitative estimate of drug-likeness (QED) is 0.842. The molecule has 0 saturated heterocycles. The van der Waals surface area contributed by atoms with Crippen LogP contribution in [0.1, 0.15) is 17.2 Å². The molecule has 2 rings (SSSR count). The average molecular weight is 330 g/mol.